The van der Waals surface area contributed by atoms with Crippen LogP contribution in [0.4, 0.5) is 13.2 Å². The van der Waals surface area contributed by atoms with Crippen LogP contribution >= 0.6 is 11.3 Å². The maximum absolute atomic E-state index is 14.2. The van der Waals surface area contributed by atoms with Crippen molar-refractivity contribution < 1.29 is 18.0 Å². The van der Waals surface area contributed by atoms with E-state index >= 15 is 0 Å². The highest BCUT2D eigenvalue weighted by Gasteiger charge is 2.64. The van der Waals surface area contributed by atoms with Gasteiger partial charge in [0.2, 0.25) is 5.91 Å². The van der Waals surface area contributed by atoms with E-state index in [2.05, 4.69) is 11.0 Å². The van der Waals surface area contributed by atoms with E-state index in [0.717, 1.165) is 18.5 Å². The Bertz CT molecular complexity index is 851. The van der Waals surface area contributed by atoms with E-state index in [9.17, 15) is 18.0 Å². The van der Waals surface area contributed by atoms with Crippen LogP contribution in [-0.4, -0.2) is 72.6 Å². The number of piperazine rings is 1. The summed E-state index contributed by atoms with van der Waals surface area (Å²) in [6.45, 7) is 3.29. The number of amides is 1. The molecule has 2 saturated heterocycles. The summed E-state index contributed by atoms with van der Waals surface area (Å²) in [6, 6.07) is 13.6. The van der Waals surface area contributed by atoms with Crippen LogP contribution in [0.2, 0.25) is 0 Å². The number of nitrogens with zero attached hydrogens (tertiary/aromatic N) is 3. The van der Waals surface area contributed by atoms with E-state index in [1.54, 1.807) is 16.2 Å². The van der Waals surface area contributed by atoms with Gasteiger partial charge in [0.25, 0.3) is 0 Å². The number of rotatable bonds is 6. The van der Waals surface area contributed by atoms with Gasteiger partial charge in [0.05, 0.1) is 0 Å². The van der Waals surface area contributed by atoms with Gasteiger partial charge in [-0.1, -0.05) is 36.4 Å². The van der Waals surface area contributed by atoms with Crippen molar-refractivity contribution in [3.8, 4) is 0 Å². The maximum Gasteiger partial charge on any atom is 0.404 e. The highest BCUT2D eigenvalue weighted by atomic mass is 32.1. The Kier molecular flexibility index (Phi) is 6.69. The van der Waals surface area contributed by atoms with E-state index < -0.39 is 17.5 Å². The zero-order chi connectivity index (χ0) is 21.9. The van der Waals surface area contributed by atoms with Gasteiger partial charge in [-0.3, -0.25) is 14.6 Å². The molecule has 1 amide bonds. The van der Waals surface area contributed by atoms with Gasteiger partial charge in [-0.2, -0.15) is 13.2 Å². The Labute approximate surface area is 185 Å². The average molecular weight is 452 g/mol. The average Bonchev–Trinajstić information content (AvgIpc) is 3.43. The molecule has 0 N–H and O–H groups in total. The molecule has 2 fully saturated rings. The van der Waals surface area contributed by atoms with Crippen molar-refractivity contribution in [2.75, 3.05) is 45.8 Å². The number of carbonyl (C=O) groups excluding carboxylic acids is 1. The first-order valence-electron chi connectivity index (χ1n) is 10.7. The highest BCUT2D eigenvalue weighted by Crippen LogP contribution is 2.47. The highest BCUT2D eigenvalue weighted by molar-refractivity contribution is 7.09. The quantitative estimate of drug-likeness (QED) is 0.667. The van der Waals surface area contributed by atoms with E-state index in [1.165, 1.54) is 9.78 Å². The summed E-state index contributed by atoms with van der Waals surface area (Å²) in [5.74, 6) is -0.742. The van der Waals surface area contributed by atoms with E-state index in [-0.39, 0.29) is 19.5 Å². The van der Waals surface area contributed by atoms with Crippen LogP contribution in [0.25, 0.3) is 0 Å². The van der Waals surface area contributed by atoms with Crippen LogP contribution in [0.1, 0.15) is 16.9 Å². The van der Waals surface area contributed by atoms with Crippen molar-refractivity contribution in [2.24, 2.45) is 5.41 Å². The van der Waals surface area contributed by atoms with Crippen LogP contribution < -0.4 is 0 Å². The molecule has 4 rings (SSSR count). The van der Waals surface area contributed by atoms with Crippen molar-refractivity contribution in [1.82, 2.24) is 14.7 Å². The summed E-state index contributed by atoms with van der Waals surface area (Å²) >= 11 is 1.72. The molecule has 0 radical (unpaired) electrons. The fourth-order valence-electron chi connectivity index (χ4n) is 4.59. The molecule has 31 heavy (non-hydrogen) atoms. The van der Waals surface area contributed by atoms with Crippen LogP contribution in [0.5, 0.6) is 0 Å². The number of thiophene rings is 1. The number of hydrogen-bond acceptors (Lipinski definition) is 4. The summed E-state index contributed by atoms with van der Waals surface area (Å²) in [5.41, 5.74) is -1.33. The molecule has 2 aliphatic rings. The molecule has 3 heterocycles. The van der Waals surface area contributed by atoms with Gasteiger partial charge in [0, 0.05) is 50.7 Å². The number of benzene rings is 1. The lowest BCUT2D eigenvalue weighted by Gasteiger charge is -2.40. The lowest BCUT2D eigenvalue weighted by Crippen LogP contribution is -2.58. The molecule has 1 aromatic heterocycles. The molecule has 0 spiro atoms. The minimum absolute atomic E-state index is 0.166. The molecule has 0 bridgehead atoms. The van der Waals surface area contributed by atoms with Gasteiger partial charge in [-0.05, 0) is 36.4 Å². The largest absolute Gasteiger partial charge is 0.404 e. The molecule has 2 aliphatic heterocycles. The predicted octanol–water partition coefficient (Wildman–Crippen LogP) is 3.89. The topological polar surface area (TPSA) is 26.8 Å². The summed E-state index contributed by atoms with van der Waals surface area (Å²) in [7, 11) is 0. The Morgan fingerprint density at radius 2 is 1.71 bits per heavy atom. The summed E-state index contributed by atoms with van der Waals surface area (Å²) in [5, 5.41) is 2.05. The molecule has 0 aliphatic carbocycles. The zero-order valence-electron chi connectivity index (χ0n) is 17.5. The smallest absolute Gasteiger partial charge is 0.339 e. The number of carbonyl (C=O) groups is 1. The molecule has 4 nitrogen and oxygen atoms in total. The van der Waals surface area contributed by atoms with Gasteiger partial charge in [0.1, 0.15) is 0 Å². The molecule has 168 valence electrons. The summed E-state index contributed by atoms with van der Waals surface area (Å²) in [4.78, 5) is 19.9. The lowest BCUT2D eigenvalue weighted by atomic mass is 9.84. The Hall–Kier alpha value is -1.90. The second kappa shape index (κ2) is 9.30. The van der Waals surface area contributed by atoms with Crippen LogP contribution in [0.15, 0.2) is 47.8 Å². The lowest BCUT2D eigenvalue weighted by molar-refractivity contribution is -0.224. The molecule has 1 atom stereocenters. The van der Waals surface area contributed by atoms with Crippen LogP contribution in [0.3, 0.4) is 0 Å². The van der Waals surface area contributed by atoms with Crippen LogP contribution in [-0.2, 0) is 17.8 Å². The fraction of sp³-hybridized carbons (Fsp3) is 0.522. The molecule has 1 aromatic carbocycles. The minimum Gasteiger partial charge on any atom is -0.339 e. The first-order chi connectivity index (χ1) is 14.9. The molecule has 8 heteroatoms. The molecule has 1 unspecified atom stereocenters. The molecular formula is C23H28F3N3OS. The Morgan fingerprint density at radius 1 is 0.968 bits per heavy atom. The van der Waals surface area contributed by atoms with Gasteiger partial charge in [0.15, 0.2) is 5.41 Å². The SMILES string of the molecule is O=C(N1CCN(CCc2cccs2)CC1)C1(C(F)(F)F)CCN(Cc2ccccc2)C1. The Balaban J connectivity index is 1.37. The molecular weight excluding hydrogens is 423 g/mol. The first-order valence-corrected chi connectivity index (χ1v) is 11.6. The molecule has 0 saturated carbocycles. The number of halogens is 3. The van der Waals surface area contributed by atoms with Gasteiger partial charge in [-0.15, -0.1) is 11.3 Å². The van der Waals surface area contributed by atoms with Gasteiger partial charge in [-0.25, -0.2) is 0 Å². The molecule has 2 aromatic rings. The third-order valence-electron chi connectivity index (χ3n) is 6.46. The standard InChI is InChI=1S/C23H28F3N3OS/c24-23(25,26)22(9-11-28(18-22)17-19-5-2-1-3-6-19)21(30)29-14-12-27(13-15-29)10-8-20-7-4-16-31-20/h1-7,16H,8-15,17-18H2. The minimum atomic E-state index is -4.55. The number of hydrogen-bond donors (Lipinski definition) is 0. The van der Waals surface area contributed by atoms with Crippen LogP contribution in [0, 0.1) is 5.41 Å². The third-order valence-corrected chi connectivity index (χ3v) is 7.40. The number of alkyl halides is 3. The second-order valence-corrected chi connectivity index (χ2v) is 9.52. The third kappa shape index (κ3) is 4.96. The monoisotopic (exact) mass is 451 g/mol. The zero-order valence-corrected chi connectivity index (χ0v) is 18.3. The Morgan fingerprint density at radius 3 is 2.35 bits per heavy atom. The van der Waals surface area contributed by atoms with Crippen molar-refractivity contribution in [3.63, 3.8) is 0 Å². The van der Waals surface area contributed by atoms with Crippen molar-refractivity contribution in [3.05, 3.63) is 58.3 Å². The normalized spacial score (nSPS) is 23.4. The van der Waals surface area contributed by atoms with Crippen molar-refractivity contribution in [1.29, 1.82) is 0 Å². The fourth-order valence-corrected chi connectivity index (χ4v) is 5.29. The predicted molar refractivity (Wildman–Crippen MR) is 116 cm³/mol. The number of likely N-dealkylation sites (tertiary alicyclic amines) is 1. The first kappa shape index (κ1) is 22.3. The summed E-state index contributed by atoms with van der Waals surface area (Å²) in [6.07, 6.45) is -3.78. The maximum atomic E-state index is 14.2. The summed E-state index contributed by atoms with van der Waals surface area (Å²) < 4.78 is 42.6. The van der Waals surface area contributed by atoms with Gasteiger partial charge < -0.3 is 4.90 Å². The second-order valence-electron chi connectivity index (χ2n) is 8.49. The van der Waals surface area contributed by atoms with Crippen molar-refractivity contribution in [2.45, 2.75) is 25.6 Å². The van der Waals surface area contributed by atoms with Gasteiger partial charge >= 0.3 is 6.18 Å². The van der Waals surface area contributed by atoms with E-state index in [0.29, 0.717) is 32.7 Å². The van der Waals surface area contributed by atoms with E-state index in [1.807, 2.05) is 41.8 Å². The van der Waals surface area contributed by atoms with Crippen molar-refractivity contribution >= 4 is 17.2 Å². The van der Waals surface area contributed by atoms with E-state index in [4.69, 9.17) is 0 Å².